The molecule has 16 heavy (non-hydrogen) atoms. The van der Waals surface area contributed by atoms with Crippen LogP contribution in [-0.4, -0.2) is 24.0 Å². The first kappa shape index (κ1) is 20.1. The van der Waals surface area contributed by atoms with Crippen molar-refractivity contribution in [1.82, 2.24) is 0 Å². The molecule has 1 N–H and O–H groups in total. The number of aliphatic imine (C=N–C) groups is 1. The fourth-order valence-corrected chi connectivity index (χ4v) is 0.861. The average molecular weight is 223 g/mol. The van der Waals surface area contributed by atoms with Crippen LogP contribution in [0.4, 0.5) is 0 Å². The topological polar surface area (TPSA) is 32.6 Å². The summed E-state index contributed by atoms with van der Waals surface area (Å²) in [5.41, 5.74) is 0. The van der Waals surface area contributed by atoms with Crippen molar-refractivity contribution in [3.63, 3.8) is 0 Å². The molecule has 0 unspecified atom stereocenters. The Hall–Kier alpha value is -1.41. The summed E-state index contributed by atoms with van der Waals surface area (Å²) in [7, 11) is 0. The predicted molar refractivity (Wildman–Crippen MR) is 76.0 cm³/mol. The van der Waals surface area contributed by atoms with Crippen molar-refractivity contribution >= 4 is 6.21 Å². The molecule has 0 aromatic heterocycles. The van der Waals surface area contributed by atoms with Gasteiger partial charge >= 0.3 is 0 Å². The standard InChI is InChI=1S/C10H15NO.C2H6.C2H4/c1-4-9(5-2)10(6-3)11-7-8-12;2*1-2/h4-7,9-10,12H,1-3,8H2;1-2H3;1-2H2/t10-;;/m1../s1. The van der Waals surface area contributed by atoms with Gasteiger partial charge in [-0.1, -0.05) is 32.1 Å². The predicted octanol–water partition coefficient (Wildman–Crippen LogP) is 3.42. The zero-order chi connectivity index (χ0) is 13.4. The second-order valence-corrected chi connectivity index (χ2v) is 2.29. The summed E-state index contributed by atoms with van der Waals surface area (Å²) in [4.78, 5) is 4.07. The van der Waals surface area contributed by atoms with Gasteiger partial charge in [-0.15, -0.1) is 32.9 Å². The summed E-state index contributed by atoms with van der Waals surface area (Å²) in [5.74, 6) is 0.0882. The molecule has 0 aliphatic rings. The highest BCUT2D eigenvalue weighted by Gasteiger charge is 2.08. The third-order valence-electron chi connectivity index (χ3n) is 1.54. The van der Waals surface area contributed by atoms with Crippen LogP contribution < -0.4 is 0 Å². The van der Waals surface area contributed by atoms with E-state index in [-0.39, 0.29) is 18.6 Å². The Kier molecular flexibility index (Phi) is 24.1. The largest absolute Gasteiger partial charge is 0.391 e. The summed E-state index contributed by atoms with van der Waals surface area (Å²) in [5, 5.41) is 8.50. The normalized spacial score (nSPS) is 10.5. The highest BCUT2D eigenvalue weighted by molar-refractivity contribution is 5.58. The van der Waals surface area contributed by atoms with Crippen molar-refractivity contribution in [2.24, 2.45) is 10.9 Å². The van der Waals surface area contributed by atoms with E-state index in [1.165, 1.54) is 6.21 Å². The zero-order valence-corrected chi connectivity index (χ0v) is 10.6. The Bertz CT molecular complexity index is 189. The molecule has 0 aliphatic heterocycles. The van der Waals surface area contributed by atoms with Gasteiger partial charge in [0.2, 0.25) is 0 Å². The molecular weight excluding hydrogens is 198 g/mol. The van der Waals surface area contributed by atoms with E-state index in [2.05, 4.69) is 37.9 Å². The van der Waals surface area contributed by atoms with Gasteiger partial charge in [0.25, 0.3) is 0 Å². The van der Waals surface area contributed by atoms with E-state index in [0.29, 0.717) is 0 Å². The van der Waals surface area contributed by atoms with Gasteiger partial charge in [-0.05, 0) is 0 Å². The molecule has 92 valence electrons. The van der Waals surface area contributed by atoms with E-state index in [1.807, 2.05) is 13.8 Å². The minimum atomic E-state index is -0.0628. The monoisotopic (exact) mass is 223 g/mol. The number of hydrogen-bond acceptors (Lipinski definition) is 2. The maximum absolute atomic E-state index is 8.50. The van der Waals surface area contributed by atoms with Gasteiger partial charge in [-0.3, -0.25) is 4.99 Å². The molecule has 0 bridgehead atoms. The molecule has 0 aliphatic carbocycles. The first-order valence-corrected chi connectivity index (χ1v) is 5.30. The third-order valence-corrected chi connectivity index (χ3v) is 1.54. The van der Waals surface area contributed by atoms with Crippen molar-refractivity contribution in [1.29, 1.82) is 0 Å². The van der Waals surface area contributed by atoms with Gasteiger partial charge in [0, 0.05) is 12.1 Å². The van der Waals surface area contributed by atoms with Crippen LogP contribution >= 0.6 is 0 Å². The minimum absolute atomic E-state index is 0.0503. The number of hydrogen-bond donors (Lipinski definition) is 1. The van der Waals surface area contributed by atoms with Crippen molar-refractivity contribution in [3.8, 4) is 0 Å². The average Bonchev–Trinajstić information content (AvgIpc) is 2.39. The van der Waals surface area contributed by atoms with E-state index in [4.69, 9.17) is 5.11 Å². The summed E-state index contributed by atoms with van der Waals surface area (Å²) in [6.07, 6.45) is 6.68. The van der Waals surface area contributed by atoms with Crippen LogP contribution in [0.5, 0.6) is 0 Å². The Morgan fingerprint density at radius 1 is 1.06 bits per heavy atom. The summed E-state index contributed by atoms with van der Waals surface area (Å²) in [6.45, 7) is 20.9. The molecule has 0 rings (SSSR count). The highest BCUT2D eigenvalue weighted by Crippen LogP contribution is 2.10. The number of aliphatic hydroxyl groups excluding tert-OH is 1. The maximum Gasteiger partial charge on any atom is 0.0779 e. The molecule has 0 amide bonds. The van der Waals surface area contributed by atoms with E-state index >= 15 is 0 Å². The van der Waals surface area contributed by atoms with Gasteiger partial charge in [-0.2, -0.15) is 0 Å². The zero-order valence-electron chi connectivity index (χ0n) is 10.6. The van der Waals surface area contributed by atoms with E-state index in [9.17, 15) is 0 Å². The van der Waals surface area contributed by atoms with Gasteiger partial charge < -0.3 is 5.11 Å². The molecule has 0 radical (unpaired) electrons. The first-order chi connectivity index (χ1) is 7.79. The van der Waals surface area contributed by atoms with E-state index < -0.39 is 0 Å². The van der Waals surface area contributed by atoms with Gasteiger partial charge in [0.15, 0.2) is 0 Å². The lowest BCUT2D eigenvalue weighted by Crippen LogP contribution is -2.11. The SMILES string of the molecule is C=C.C=CC(C=C)[C@@H](C=C)N=CCO.CC. The quantitative estimate of drug-likeness (QED) is 0.543. The Labute approximate surface area is 100 Å². The van der Waals surface area contributed by atoms with E-state index in [1.54, 1.807) is 18.2 Å². The smallest absolute Gasteiger partial charge is 0.0779 e. The molecule has 0 aromatic rings. The molecular formula is C14H25NO. The van der Waals surface area contributed by atoms with Gasteiger partial charge in [-0.25, -0.2) is 0 Å². The summed E-state index contributed by atoms with van der Waals surface area (Å²) < 4.78 is 0. The van der Waals surface area contributed by atoms with Crippen molar-refractivity contribution in [2.75, 3.05) is 6.61 Å². The third kappa shape index (κ3) is 10.7. The second-order valence-electron chi connectivity index (χ2n) is 2.29. The molecule has 1 atom stereocenters. The van der Waals surface area contributed by atoms with Crippen molar-refractivity contribution in [2.45, 2.75) is 19.9 Å². The summed E-state index contributed by atoms with van der Waals surface area (Å²) >= 11 is 0. The Morgan fingerprint density at radius 3 is 1.75 bits per heavy atom. The lowest BCUT2D eigenvalue weighted by molar-refractivity contribution is 0.361. The van der Waals surface area contributed by atoms with Crippen LogP contribution in [-0.2, 0) is 0 Å². The van der Waals surface area contributed by atoms with Crippen molar-refractivity contribution < 1.29 is 5.11 Å². The molecule has 0 heterocycles. The lowest BCUT2D eigenvalue weighted by atomic mass is 10.0. The number of nitrogens with zero attached hydrogens (tertiary/aromatic N) is 1. The van der Waals surface area contributed by atoms with Crippen LogP contribution in [0.15, 0.2) is 56.1 Å². The van der Waals surface area contributed by atoms with Crippen molar-refractivity contribution in [3.05, 3.63) is 51.1 Å². The first-order valence-electron chi connectivity index (χ1n) is 5.30. The lowest BCUT2D eigenvalue weighted by Gasteiger charge is -2.12. The summed E-state index contributed by atoms with van der Waals surface area (Å²) in [6, 6.07) is -0.0628. The fourth-order valence-electron chi connectivity index (χ4n) is 0.861. The molecule has 0 saturated carbocycles. The van der Waals surface area contributed by atoms with Gasteiger partial charge in [0.05, 0.1) is 12.6 Å². The van der Waals surface area contributed by atoms with Gasteiger partial charge in [0.1, 0.15) is 0 Å². The number of rotatable bonds is 6. The Balaban J connectivity index is -0.000000376. The van der Waals surface area contributed by atoms with Crippen LogP contribution in [0, 0.1) is 5.92 Å². The minimum Gasteiger partial charge on any atom is -0.391 e. The molecule has 0 fully saturated rings. The molecule has 0 spiro atoms. The molecule has 0 saturated heterocycles. The fraction of sp³-hybridized carbons (Fsp3) is 0.357. The maximum atomic E-state index is 8.50. The number of aliphatic hydroxyl groups is 1. The molecule has 2 nitrogen and oxygen atoms in total. The molecule has 0 aromatic carbocycles. The van der Waals surface area contributed by atoms with Crippen LogP contribution in [0.3, 0.4) is 0 Å². The Morgan fingerprint density at radius 2 is 1.50 bits per heavy atom. The van der Waals surface area contributed by atoms with Crippen LogP contribution in [0.25, 0.3) is 0 Å². The van der Waals surface area contributed by atoms with E-state index in [0.717, 1.165) is 0 Å². The molecule has 2 heteroatoms. The highest BCUT2D eigenvalue weighted by atomic mass is 16.2. The van der Waals surface area contributed by atoms with Crippen LogP contribution in [0.1, 0.15) is 13.8 Å². The second kappa shape index (κ2) is 19.2. The van der Waals surface area contributed by atoms with Crippen LogP contribution in [0.2, 0.25) is 0 Å².